The van der Waals surface area contributed by atoms with Crippen LogP contribution in [0.3, 0.4) is 0 Å². The van der Waals surface area contributed by atoms with Crippen LogP contribution in [0.4, 0.5) is 11.4 Å². The average molecular weight is 693 g/mol. The van der Waals surface area contributed by atoms with Gasteiger partial charge in [0.1, 0.15) is 17.8 Å². The van der Waals surface area contributed by atoms with E-state index in [0.717, 1.165) is 66.2 Å². The summed E-state index contributed by atoms with van der Waals surface area (Å²) in [6.07, 6.45) is 8.84. The highest BCUT2D eigenvalue weighted by molar-refractivity contribution is 7.98. The van der Waals surface area contributed by atoms with Crippen molar-refractivity contribution in [1.29, 1.82) is 0 Å². The van der Waals surface area contributed by atoms with E-state index in [0.29, 0.717) is 11.3 Å². The Morgan fingerprint density at radius 3 is 2.21 bits per heavy atom. The SMILES string of the molecule is CCCCC1(CCCC)CN(c2ccccc2)c2cc(SC)c(OCC(=O)NC(C(=O)N[C@@H](CC)C(=O)O)c3ccccc3)cc2SN1. The van der Waals surface area contributed by atoms with Gasteiger partial charge in [-0.05, 0) is 67.3 Å². The number of aliphatic carboxylic acids is 1. The number of carbonyl (C=O) groups excluding carboxylic acids is 2. The highest BCUT2D eigenvalue weighted by Crippen LogP contribution is 2.46. The normalized spacial score (nSPS) is 15.0. The van der Waals surface area contributed by atoms with Gasteiger partial charge >= 0.3 is 5.97 Å². The number of rotatable bonds is 17. The van der Waals surface area contributed by atoms with Crippen molar-refractivity contribution in [2.24, 2.45) is 0 Å². The number of hydrogen-bond acceptors (Lipinski definition) is 8. The third-order valence-electron chi connectivity index (χ3n) is 8.54. The first-order valence-electron chi connectivity index (χ1n) is 16.7. The van der Waals surface area contributed by atoms with E-state index in [-0.39, 0.29) is 18.6 Å². The lowest BCUT2D eigenvalue weighted by atomic mass is 9.87. The van der Waals surface area contributed by atoms with Crippen LogP contribution in [-0.2, 0) is 14.4 Å². The molecule has 258 valence electrons. The van der Waals surface area contributed by atoms with Gasteiger partial charge in [0.15, 0.2) is 6.61 Å². The fourth-order valence-corrected chi connectivity index (χ4v) is 7.40. The van der Waals surface area contributed by atoms with Gasteiger partial charge in [-0.1, -0.05) is 95.0 Å². The zero-order valence-corrected chi connectivity index (χ0v) is 29.9. The van der Waals surface area contributed by atoms with Crippen LogP contribution in [0.2, 0.25) is 0 Å². The number of carbonyl (C=O) groups is 3. The molecule has 0 aromatic heterocycles. The number of fused-ring (bicyclic) bond motifs is 1. The molecule has 2 atom stereocenters. The highest BCUT2D eigenvalue weighted by Gasteiger charge is 2.36. The summed E-state index contributed by atoms with van der Waals surface area (Å²) in [6.45, 7) is 6.65. The Kier molecular flexibility index (Phi) is 14.1. The largest absolute Gasteiger partial charge is 0.483 e. The van der Waals surface area contributed by atoms with Crippen LogP contribution in [0.5, 0.6) is 5.75 Å². The number of carboxylic acids is 1. The molecule has 0 aliphatic carbocycles. The molecule has 0 radical (unpaired) electrons. The van der Waals surface area contributed by atoms with Crippen LogP contribution in [-0.4, -0.2) is 53.9 Å². The van der Waals surface area contributed by atoms with Crippen LogP contribution in [0.1, 0.15) is 77.3 Å². The number of thioether (sulfide) groups is 1. The molecule has 0 saturated carbocycles. The maximum atomic E-state index is 13.3. The van der Waals surface area contributed by atoms with Gasteiger partial charge in [-0.15, -0.1) is 11.8 Å². The summed E-state index contributed by atoms with van der Waals surface area (Å²) in [7, 11) is 0. The van der Waals surface area contributed by atoms with Crippen LogP contribution in [0.25, 0.3) is 0 Å². The summed E-state index contributed by atoms with van der Waals surface area (Å²) in [5, 5.41) is 14.8. The van der Waals surface area contributed by atoms with Gasteiger partial charge in [0.2, 0.25) is 5.91 Å². The lowest BCUT2D eigenvalue weighted by Crippen LogP contribution is -2.49. The Morgan fingerprint density at radius 2 is 1.62 bits per heavy atom. The summed E-state index contributed by atoms with van der Waals surface area (Å²) >= 11 is 3.17. The molecular weight excluding hydrogens is 645 g/mol. The fraction of sp³-hybridized carbons (Fsp3) is 0.432. The molecule has 3 aromatic rings. The van der Waals surface area contributed by atoms with Crippen molar-refractivity contribution in [1.82, 2.24) is 15.4 Å². The number of carboxylic acid groups (broad SMARTS) is 1. The van der Waals surface area contributed by atoms with Crippen LogP contribution < -0.4 is 25.0 Å². The van der Waals surface area contributed by atoms with Crippen LogP contribution >= 0.6 is 23.7 Å². The maximum absolute atomic E-state index is 13.3. The standard InChI is InChI=1S/C37H48N4O5S2/c1-5-8-20-37(21-9-6-2)25-41(27-18-14-11-15-19-27)29-22-32(47-4)30(23-31(29)48-40-37)46-24-33(42)39-34(26-16-12-10-13-17-26)35(43)38-28(7-3)36(44)45/h10-19,22-23,28,34,40H,5-9,20-21,24-25H2,1-4H3,(H,38,43)(H,39,42)(H,44,45)/t28-,34?/m0/s1. The number of hydrogen-bond donors (Lipinski definition) is 4. The Bertz CT molecular complexity index is 1500. The maximum Gasteiger partial charge on any atom is 0.326 e. The van der Waals surface area contributed by atoms with E-state index in [4.69, 9.17) is 4.74 Å². The van der Waals surface area contributed by atoms with E-state index in [9.17, 15) is 19.5 Å². The first-order chi connectivity index (χ1) is 23.2. The number of ether oxygens (including phenoxy) is 1. The van der Waals surface area contributed by atoms with Gasteiger partial charge in [0.05, 0.1) is 15.5 Å². The lowest BCUT2D eigenvalue weighted by Gasteiger charge is -2.38. The smallest absolute Gasteiger partial charge is 0.326 e. The Hall–Kier alpha value is -3.67. The Labute approximate surface area is 293 Å². The third-order valence-corrected chi connectivity index (χ3v) is 10.4. The minimum absolute atomic E-state index is 0.0869. The van der Waals surface area contributed by atoms with Crippen molar-refractivity contribution in [2.75, 3.05) is 24.3 Å². The number of nitrogens with zero attached hydrogens (tertiary/aromatic N) is 1. The number of amides is 2. The van der Waals surface area contributed by atoms with Gasteiger partial charge in [-0.2, -0.15) is 0 Å². The number of unbranched alkanes of at least 4 members (excludes halogenated alkanes) is 2. The molecular formula is C37H48N4O5S2. The molecule has 1 aliphatic heterocycles. The summed E-state index contributed by atoms with van der Waals surface area (Å²) in [5.41, 5.74) is 2.66. The number of anilines is 2. The molecule has 4 rings (SSSR count). The highest BCUT2D eigenvalue weighted by atomic mass is 32.2. The van der Waals surface area contributed by atoms with Gasteiger partial charge in [-0.25, -0.2) is 4.79 Å². The third kappa shape index (κ3) is 9.70. The van der Waals surface area contributed by atoms with Gasteiger partial charge in [0.25, 0.3) is 5.91 Å². The molecule has 11 heteroatoms. The molecule has 0 fully saturated rings. The van der Waals surface area contributed by atoms with Crippen molar-refractivity contribution in [3.8, 4) is 5.75 Å². The van der Waals surface area contributed by atoms with Gasteiger partial charge in [0, 0.05) is 17.8 Å². The molecule has 4 N–H and O–H groups in total. The van der Waals surface area contributed by atoms with Crippen LogP contribution in [0, 0.1) is 0 Å². The predicted octanol–water partition coefficient (Wildman–Crippen LogP) is 7.49. The fourth-order valence-electron chi connectivity index (χ4n) is 5.82. The second-order valence-electron chi connectivity index (χ2n) is 12.1. The van der Waals surface area contributed by atoms with Crippen molar-refractivity contribution >= 4 is 52.9 Å². The quantitative estimate of drug-likeness (QED) is 0.0843. The molecule has 3 aromatic carbocycles. The van der Waals surface area contributed by atoms with Crippen LogP contribution in [0.15, 0.2) is 82.6 Å². The van der Waals surface area contributed by atoms with Gasteiger partial charge < -0.3 is 25.4 Å². The number of para-hydroxylation sites is 1. The molecule has 1 unspecified atom stereocenters. The molecule has 9 nitrogen and oxygen atoms in total. The Morgan fingerprint density at radius 1 is 0.979 bits per heavy atom. The molecule has 0 spiro atoms. The zero-order valence-electron chi connectivity index (χ0n) is 28.3. The number of nitrogens with one attached hydrogen (secondary N) is 3. The summed E-state index contributed by atoms with van der Waals surface area (Å²) in [4.78, 5) is 42.4. The van der Waals surface area contributed by atoms with Crippen molar-refractivity contribution < 1.29 is 24.2 Å². The Balaban J connectivity index is 1.60. The van der Waals surface area contributed by atoms with Crippen molar-refractivity contribution in [2.45, 2.75) is 93.1 Å². The molecule has 0 bridgehead atoms. The molecule has 2 amide bonds. The second kappa shape index (κ2) is 18.2. The topological polar surface area (TPSA) is 120 Å². The van der Waals surface area contributed by atoms with E-state index < -0.39 is 29.9 Å². The first kappa shape index (κ1) is 37.2. The van der Waals surface area contributed by atoms with E-state index in [1.165, 1.54) is 0 Å². The lowest BCUT2D eigenvalue weighted by molar-refractivity contribution is -0.142. The predicted molar refractivity (Wildman–Crippen MR) is 195 cm³/mol. The summed E-state index contributed by atoms with van der Waals surface area (Å²) in [5.74, 6) is -1.66. The molecule has 1 aliphatic rings. The van der Waals surface area contributed by atoms with Gasteiger partial charge in [-0.3, -0.25) is 14.3 Å². The van der Waals surface area contributed by atoms with E-state index in [2.05, 4.69) is 64.4 Å². The van der Waals surface area contributed by atoms with E-state index in [1.54, 1.807) is 61.0 Å². The molecule has 1 heterocycles. The monoisotopic (exact) mass is 692 g/mol. The van der Waals surface area contributed by atoms with Crippen molar-refractivity contribution in [3.63, 3.8) is 0 Å². The van der Waals surface area contributed by atoms with E-state index >= 15 is 0 Å². The number of benzene rings is 3. The summed E-state index contributed by atoms with van der Waals surface area (Å²) in [6, 6.07) is 21.2. The van der Waals surface area contributed by atoms with E-state index in [1.807, 2.05) is 18.4 Å². The minimum Gasteiger partial charge on any atom is -0.483 e. The summed E-state index contributed by atoms with van der Waals surface area (Å²) < 4.78 is 10.0. The molecule has 0 saturated heterocycles. The molecule has 48 heavy (non-hydrogen) atoms. The zero-order chi connectivity index (χ0) is 34.5. The minimum atomic E-state index is -1.13. The average Bonchev–Trinajstić information content (AvgIpc) is 3.27. The van der Waals surface area contributed by atoms with Crippen molar-refractivity contribution in [3.05, 3.63) is 78.4 Å². The second-order valence-corrected chi connectivity index (χ2v) is 13.8. The first-order valence-corrected chi connectivity index (χ1v) is 18.8.